The Bertz CT molecular complexity index is 1240. The number of hydrogen-bond acceptors (Lipinski definition) is 3. The molecule has 160 valence electrons. The molecule has 1 N–H and O–H groups in total. The lowest BCUT2D eigenvalue weighted by Gasteiger charge is -2.23. The summed E-state index contributed by atoms with van der Waals surface area (Å²) in [6.45, 7) is 2.51. The standard InChI is InChI=1S/C27H24N2O3/c1-3-29(25-10-6-8-19-7-4-5-9-24(19)25)27(31)21-11-15-22(16-12-21)28-26(30)20-13-17-23(32-2)18-14-20/h4-18H,3H2,1-2H3,(H,28,30). The van der Waals surface area contributed by atoms with E-state index in [1.54, 1.807) is 60.5 Å². The molecule has 0 fully saturated rings. The van der Waals surface area contributed by atoms with Crippen LogP contribution < -0.4 is 15.0 Å². The number of benzene rings is 4. The van der Waals surface area contributed by atoms with E-state index in [1.807, 2.05) is 49.4 Å². The van der Waals surface area contributed by atoms with Crippen LogP contribution in [0.25, 0.3) is 10.8 Å². The van der Waals surface area contributed by atoms with Gasteiger partial charge >= 0.3 is 0 Å². The number of fused-ring (bicyclic) bond motifs is 1. The first-order valence-corrected chi connectivity index (χ1v) is 10.5. The molecule has 4 aromatic carbocycles. The van der Waals surface area contributed by atoms with Crippen LogP contribution in [0.15, 0.2) is 91.0 Å². The molecule has 0 spiro atoms. The molecule has 5 nitrogen and oxygen atoms in total. The molecule has 0 aliphatic carbocycles. The smallest absolute Gasteiger partial charge is 0.258 e. The van der Waals surface area contributed by atoms with Crippen LogP contribution in [0.4, 0.5) is 11.4 Å². The fourth-order valence-electron chi connectivity index (χ4n) is 3.66. The highest BCUT2D eigenvalue weighted by Crippen LogP contribution is 2.28. The maximum absolute atomic E-state index is 13.3. The van der Waals surface area contributed by atoms with Gasteiger partial charge in [-0.3, -0.25) is 9.59 Å². The first kappa shape index (κ1) is 21.1. The van der Waals surface area contributed by atoms with Gasteiger partial charge in [0.1, 0.15) is 5.75 Å². The van der Waals surface area contributed by atoms with Crippen molar-refractivity contribution < 1.29 is 14.3 Å². The summed E-state index contributed by atoms with van der Waals surface area (Å²) >= 11 is 0. The normalized spacial score (nSPS) is 10.6. The first-order valence-electron chi connectivity index (χ1n) is 10.5. The van der Waals surface area contributed by atoms with E-state index < -0.39 is 0 Å². The second-order valence-electron chi connectivity index (χ2n) is 7.31. The van der Waals surface area contributed by atoms with Crippen molar-refractivity contribution in [2.75, 3.05) is 23.9 Å². The van der Waals surface area contributed by atoms with Gasteiger partial charge in [-0.2, -0.15) is 0 Å². The van der Waals surface area contributed by atoms with Crippen molar-refractivity contribution in [3.05, 3.63) is 102 Å². The molecule has 0 bridgehead atoms. The molecule has 0 saturated carbocycles. The van der Waals surface area contributed by atoms with Gasteiger partial charge in [0.2, 0.25) is 0 Å². The van der Waals surface area contributed by atoms with Crippen LogP contribution in [0.2, 0.25) is 0 Å². The minimum atomic E-state index is -0.224. The molecule has 0 unspecified atom stereocenters. The van der Waals surface area contributed by atoms with Gasteiger partial charge in [0.15, 0.2) is 0 Å². The monoisotopic (exact) mass is 424 g/mol. The average molecular weight is 425 g/mol. The number of anilines is 2. The predicted molar refractivity (Wildman–Crippen MR) is 129 cm³/mol. The van der Waals surface area contributed by atoms with E-state index in [0.717, 1.165) is 16.5 Å². The molecule has 0 aromatic heterocycles. The van der Waals surface area contributed by atoms with Crippen LogP contribution in [-0.2, 0) is 0 Å². The summed E-state index contributed by atoms with van der Waals surface area (Å²) in [4.78, 5) is 27.5. The first-order chi connectivity index (χ1) is 15.6. The number of carbonyl (C=O) groups excluding carboxylic acids is 2. The summed E-state index contributed by atoms with van der Waals surface area (Å²) in [6.07, 6.45) is 0. The molecule has 4 aromatic rings. The van der Waals surface area contributed by atoms with Crippen molar-refractivity contribution >= 4 is 34.0 Å². The zero-order valence-corrected chi connectivity index (χ0v) is 18.0. The molecule has 32 heavy (non-hydrogen) atoms. The fraction of sp³-hybridized carbons (Fsp3) is 0.111. The second kappa shape index (κ2) is 9.35. The van der Waals surface area contributed by atoms with Crippen LogP contribution in [0.1, 0.15) is 27.6 Å². The Morgan fingerprint density at radius 2 is 1.47 bits per heavy atom. The van der Waals surface area contributed by atoms with E-state index in [1.165, 1.54) is 0 Å². The van der Waals surface area contributed by atoms with Crippen LogP contribution in [0.3, 0.4) is 0 Å². The Balaban J connectivity index is 1.52. The number of hydrogen-bond donors (Lipinski definition) is 1. The molecule has 5 heteroatoms. The largest absolute Gasteiger partial charge is 0.497 e. The predicted octanol–water partition coefficient (Wildman–Crippen LogP) is 5.77. The molecular weight excluding hydrogens is 400 g/mol. The summed E-state index contributed by atoms with van der Waals surface area (Å²) in [5.41, 5.74) is 2.59. The quantitative estimate of drug-likeness (QED) is 0.428. The summed E-state index contributed by atoms with van der Waals surface area (Å²) in [5.74, 6) is 0.380. The third-order valence-electron chi connectivity index (χ3n) is 5.36. The molecule has 0 heterocycles. The molecule has 0 aliphatic rings. The van der Waals surface area contributed by atoms with Crippen molar-refractivity contribution in [2.45, 2.75) is 6.92 Å². The van der Waals surface area contributed by atoms with Gasteiger partial charge in [-0.05, 0) is 66.9 Å². The fourth-order valence-corrected chi connectivity index (χ4v) is 3.66. The van der Waals surface area contributed by atoms with Crippen molar-refractivity contribution in [1.29, 1.82) is 0 Å². The van der Waals surface area contributed by atoms with E-state index >= 15 is 0 Å². The van der Waals surface area contributed by atoms with Gasteiger partial charge in [0.05, 0.1) is 12.8 Å². The highest BCUT2D eigenvalue weighted by atomic mass is 16.5. The number of nitrogens with zero attached hydrogens (tertiary/aromatic N) is 1. The zero-order valence-electron chi connectivity index (χ0n) is 18.0. The van der Waals surface area contributed by atoms with E-state index in [0.29, 0.717) is 29.1 Å². The lowest BCUT2D eigenvalue weighted by molar-refractivity contribution is 0.0987. The van der Waals surface area contributed by atoms with Gasteiger partial charge < -0.3 is 15.0 Å². The van der Waals surface area contributed by atoms with E-state index in [4.69, 9.17) is 4.74 Å². The highest BCUT2D eigenvalue weighted by Gasteiger charge is 2.18. The highest BCUT2D eigenvalue weighted by molar-refractivity contribution is 6.11. The number of amides is 2. The van der Waals surface area contributed by atoms with E-state index in [2.05, 4.69) is 5.32 Å². The van der Waals surface area contributed by atoms with Gasteiger partial charge in [-0.15, -0.1) is 0 Å². The van der Waals surface area contributed by atoms with Crippen LogP contribution in [-0.4, -0.2) is 25.5 Å². The SMILES string of the molecule is CCN(C(=O)c1ccc(NC(=O)c2ccc(OC)cc2)cc1)c1cccc2ccccc12. The minimum absolute atomic E-state index is 0.0862. The molecule has 4 rings (SSSR count). The zero-order chi connectivity index (χ0) is 22.5. The number of methoxy groups -OCH3 is 1. The maximum atomic E-state index is 13.3. The van der Waals surface area contributed by atoms with Crippen molar-refractivity contribution in [2.24, 2.45) is 0 Å². The Morgan fingerprint density at radius 1 is 0.812 bits per heavy atom. The van der Waals surface area contributed by atoms with E-state index in [9.17, 15) is 9.59 Å². The number of nitrogens with one attached hydrogen (secondary N) is 1. The number of ether oxygens (including phenoxy) is 1. The summed E-state index contributed by atoms with van der Waals surface area (Å²) < 4.78 is 5.12. The Hall–Kier alpha value is -4.12. The molecule has 0 atom stereocenters. The summed E-state index contributed by atoms with van der Waals surface area (Å²) in [5, 5.41) is 4.98. The van der Waals surface area contributed by atoms with Crippen molar-refractivity contribution in [1.82, 2.24) is 0 Å². The molecule has 0 radical (unpaired) electrons. The van der Waals surface area contributed by atoms with Gasteiger partial charge in [-0.25, -0.2) is 0 Å². The second-order valence-corrected chi connectivity index (χ2v) is 7.31. The summed E-state index contributed by atoms with van der Waals surface area (Å²) in [7, 11) is 1.58. The minimum Gasteiger partial charge on any atom is -0.497 e. The number of carbonyl (C=O) groups is 2. The Morgan fingerprint density at radius 3 is 2.16 bits per heavy atom. The lowest BCUT2D eigenvalue weighted by atomic mass is 10.1. The summed E-state index contributed by atoms with van der Waals surface area (Å²) in [6, 6.07) is 27.8. The van der Waals surface area contributed by atoms with Crippen LogP contribution in [0.5, 0.6) is 5.75 Å². The third kappa shape index (κ3) is 4.32. The Labute approximate surface area is 187 Å². The topological polar surface area (TPSA) is 58.6 Å². The van der Waals surface area contributed by atoms with Crippen LogP contribution in [0, 0.1) is 0 Å². The number of rotatable bonds is 6. The van der Waals surface area contributed by atoms with E-state index in [-0.39, 0.29) is 11.8 Å². The van der Waals surface area contributed by atoms with Gasteiger partial charge in [0, 0.05) is 28.7 Å². The van der Waals surface area contributed by atoms with Crippen molar-refractivity contribution in [3.63, 3.8) is 0 Å². The molecule has 2 amide bonds. The van der Waals surface area contributed by atoms with Gasteiger partial charge in [0.25, 0.3) is 11.8 Å². The molecular formula is C27H24N2O3. The van der Waals surface area contributed by atoms with Crippen molar-refractivity contribution in [3.8, 4) is 5.75 Å². The lowest BCUT2D eigenvalue weighted by Crippen LogP contribution is -2.30. The Kier molecular flexibility index (Phi) is 6.17. The average Bonchev–Trinajstić information content (AvgIpc) is 2.85. The van der Waals surface area contributed by atoms with Crippen LogP contribution >= 0.6 is 0 Å². The molecule has 0 saturated heterocycles. The third-order valence-corrected chi connectivity index (χ3v) is 5.36. The van der Waals surface area contributed by atoms with Gasteiger partial charge in [-0.1, -0.05) is 36.4 Å². The maximum Gasteiger partial charge on any atom is 0.258 e. The molecule has 0 aliphatic heterocycles.